The fourth-order valence-electron chi connectivity index (χ4n) is 4.44. The lowest BCUT2D eigenvalue weighted by Crippen LogP contribution is -2.36. The van der Waals surface area contributed by atoms with Crippen LogP contribution in [0.2, 0.25) is 0 Å². The van der Waals surface area contributed by atoms with Crippen LogP contribution in [0.25, 0.3) is 0 Å². The van der Waals surface area contributed by atoms with Gasteiger partial charge in [-0.05, 0) is 39.5 Å². The average Bonchev–Trinajstić information content (AvgIpc) is 2.83. The smallest absolute Gasteiger partial charge is 0.246 e. The van der Waals surface area contributed by atoms with Crippen molar-refractivity contribution in [3.63, 3.8) is 0 Å². The second kappa shape index (κ2) is 9.39. The Morgan fingerprint density at radius 1 is 1.04 bits per heavy atom. The van der Waals surface area contributed by atoms with E-state index < -0.39 is 10.0 Å². The summed E-state index contributed by atoms with van der Waals surface area (Å²) in [6.07, 6.45) is 10.2. The molecule has 0 atom stereocenters. The quantitative estimate of drug-likeness (QED) is 0.731. The largest absolute Gasteiger partial charge is 0.353 e. The van der Waals surface area contributed by atoms with Gasteiger partial charge in [0.05, 0.1) is 17.9 Å². The lowest BCUT2D eigenvalue weighted by Gasteiger charge is -2.26. The van der Waals surface area contributed by atoms with Crippen molar-refractivity contribution in [1.82, 2.24) is 19.4 Å². The van der Waals surface area contributed by atoms with Gasteiger partial charge in [-0.3, -0.25) is 9.48 Å². The SMILES string of the molecule is Cc1nn(CCC(=O)NC2CCCCCC2)c(C)c1S(=O)(=O)N1CCCCC1. The van der Waals surface area contributed by atoms with Crippen LogP contribution in [0.1, 0.15) is 75.6 Å². The summed E-state index contributed by atoms with van der Waals surface area (Å²) < 4.78 is 29.4. The highest BCUT2D eigenvalue weighted by atomic mass is 32.2. The third-order valence-corrected chi connectivity index (χ3v) is 8.15. The molecular weight excluding hydrogens is 376 g/mol. The van der Waals surface area contributed by atoms with E-state index >= 15 is 0 Å². The van der Waals surface area contributed by atoms with Gasteiger partial charge < -0.3 is 5.32 Å². The third kappa shape index (κ3) is 4.95. The van der Waals surface area contributed by atoms with E-state index in [0.29, 0.717) is 42.3 Å². The third-order valence-electron chi connectivity index (χ3n) is 6.00. The highest BCUT2D eigenvalue weighted by molar-refractivity contribution is 7.89. The zero-order valence-corrected chi connectivity index (χ0v) is 18.1. The van der Waals surface area contributed by atoms with Crippen molar-refractivity contribution in [3.8, 4) is 0 Å². The van der Waals surface area contributed by atoms with Crippen molar-refractivity contribution in [2.45, 2.75) is 95.5 Å². The number of amides is 1. The van der Waals surface area contributed by atoms with Crippen LogP contribution in [0, 0.1) is 13.8 Å². The highest BCUT2D eigenvalue weighted by Gasteiger charge is 2.31. The van der Waals surface area contributed by atoms with Gasteiger partial charge in [0.2, 0.25) is 15.9 Å². The molecule has 8 heteroatoms. The monoisotopic (exact) mass is 410 g/mol. The van der Waals surface area contributed by atoms with Crippen molar-refractivity contribution in [3.05, 3.63) is 11.4 Å². The number of nitrogens with zero attached hydrogens (tertiary/aromatic N) is 3. The molecular formula is C20H34N4O3S. The molecule has 1 aliphatic carbocycles. The number of aryl methyl sites for hydroxylation is 2. The lowest BCUT2D eigenvalue weighted by molar-refractivity contribution is -0.122. The second-order valence-electron chi connectivity index (χ2n) is 8.19. The van der Waals surface area contributed by atoms with Crippen molar-refractivity contribution in [2.75, 3.05) is 13.1 Å². The highest BCUT2D eigenvalue weighted by Crippen LogP contribution is 2.26. The number of carbonyl (C=O) groups is 1. The van der Waals surface area contributed by atoms with Crippen molar-refractivity contribution in [1.29, 1.82) is 0 Å². The molecule has 1 saturated heterocycles. The normalized spacial score (nSPS) is 20.1. The first-order valence-electron chi connectivity index (χ1n) is 10.7. The topological polar surface area (TPSA) is 84.3 Å². The number of hydrogen-bond donors (Lipinski definition) is 1. The molecule has 1 aliphatic heterocycles. The van der Waals surface area contributed by atoms with Crippen LogP contribution in [0.5, 0.6) is 0 Å². The van der Waals surface area contributed by atoms with Gasteiger partial charge in [0, 0.05) is 25.6 Å². The van der Waals surface area contributed by atoms with Gasteiger partial charge in [0.25, 0.3) is 0 Å². The molecule has 1 aromatic rings. The molecule has 0 aromatic carbocycles. The molecule has 1 saturated carbocycles. The van der Waals surface area contributed by atoms with E-state index in [0.717, 1.165) is 32.1 Å². The van der Waals surface area contributed by atoms with Crippen LogP contribution < -0.4 is 5.32 Å². The Morgan fingerprint density at radius 2 is 1.64 bits per heavy atom. The Morgan fingerprint density at radius 3 is 2.29 bits per heavy atom. The molecule has 0 bridgehead atoms. The number of carbonyl (C=O) groups excluding carboxylic acids is 1. The lowest BCUT2D eigenvalue weighted by atomic mass is 10.1. The van der Waals surface area contributed by atoms with Gasteiger partial charge in [-0.1, -0.05) is 32.1 Å². The maximum Gasteiger partial charge on any atom is 0.246 e. The minimum Gasteiger partial charge on any atom is -0.353 e. The first kappa shape index (κ1) is 21.3. The van der Waals surface area contributed by atoms with Gasteiger partial charge >= 0.3 is 0 Å². The molecule has 0 unspecified atom stereocenters. The summed E-state index contributed by atoms with van der Waals surface area (Å²) in [5.41, 5.74) is 1.15. The number of aromatic nitrogens is 2. The number of rotatable bonds is 6. The Balaban J connectivity index is 1.63. The maximum atomic E-state index is 13.1. The average molecular weight is 411 g/mol. The molecule has 158 valence electrons. The number of sulfonamides is 1. The first-order chi connectivity index (χ1) is 13.4. The van der Waals surface area contributed by atoms with Crippen molar-refractivity contribution in [2.24, 2.45) is 0 Å². The van der Waals surface area contributed by atoms with Crippen molar-refractivity contribution >= 4 is 15.9 Å². The van der Waals surface area contributed by atoms with Crippen LogP contribution in [0.3, 0.4) is 0 Å². The standard InChI is InChI=1S/C20H34N4O3S/c1-16-20(28(26,27)23-13-8-5-9-14-23)17(2)24(22-16)15-12-19(25)21-18-10-6-3-4-7-11-18/h18H,3-15H2,1-2H3,(H,21,25). The number of piperidine rings is 1. The molecule has 1 aromatic heterocycles. The molecule has 2 aliphatic rings. The zero-order chi connectivity index (χ0) is 20.1. The van der Waals surface area contributed by atoms with Crippen molar-refractivity contribution < 1.29 is 13.2 Å². The molecule has 2 fully saturated rings. The predicted molar refractivity (Wildman–Crippen MR) is 109 cm³/mol. The molecule has 7 nitrogen and oxygen atoms in total. The summed E-state index contributed by atoms with van der Waals surface area (Å²) in [6.45, 7) is 5.10. The van der Waals surface area contributed by atoms with E-state index in [1.165, 1.54) is 25.7 Å². The second-order valence-corrected chi connectivity index (χ2v) is 10.1. The molecule has 2 heterocycles. The van der Waals surface area contributed by atoms with Crippen LogP contribution in [-0.2, 0) is 21.4 Å². The molecule has 0 spiro atoms. The number of hydrogen-bond acceptors (Lipinski definition) is 4. The van der Waals surface area contributed by atoms with E-state index in [-0.39, 0.29) is 11.9 Å². The summed E-state index contributed by atoms with van der Waals surface area (Å²) in [5.74, 6) is 0.0277. The van der Waals surface area contributed by atoms with Crippen LogP contribution in [0.4, 0.5) is 0 Å². The molecule has 28 heavy (non-hydrogen) atoms. The van der Waals surface area contributed by atoms with Gasteiger partial charge in [-0.25, -0.2) is 8.42 Å². The van der Waals surface area contributed by atoms with E-state index in [9.17, 15) is 13.2 Å². The van der Waals surface area contributed by atoms with Crippen LogP contribution >= 0.6 is 0 Å². The Hall–Kier alpha value is -1.41. The summed E-state index contributed by atoms with van der Waals surface area (Å²) in [6, 6.07) is 0.283. The molecule has 1 amide bonds. The predicted octanol–water partition coefficient (Wildman–Crippen LogP) is 2.90. The summed E-state index contributed by atoms with van der Waals surface area (Å²) in [4.78, 5) is 12.7. The molecule has 0 radical (unpaired) electrons. The molecule has 3 rings (SSSR count). The van der Waals surface area contributed by atoms with E-state index in [2.05, 4.69) is 10.4 Å². The minimum absolute atomic E-state index is 0.0277. The Kier molecular flexibility index (Phi) is 7.15. The van der Waals surface area contributed by atoms with Gasteiger partial charge in [0.1, 0.15) is 4.90 Å². The van der Waals surface area contributed by atoms with Gasteiger partial charge in [-0.15, -0.1) is 0 Å². The summed E-state index contributed by atoms with van der Waals surface area (Å²) in [5, 5.41) is 7.58. The van der Waals surface area contributed by atoms with E-state index in [1.807, 2.05) is 0 Å². The summed E-state index contributed by atoms with van der Waals surface area (Å²) in [7, 11) is -3.52. The Bertz CT molecular complexity index is 774. The van der Waals surface area contributed by atoms with Gasteiger partial charge in [0.15, 0.2) is 0 Å². The Labute approximate surface area is 168 Å². The minimum atomic E-state index is -3.52. The van der Waals surface area contributed by atoms with E-state index in [1.54, 1.807) is 22.8 Å². The zero-order valence-electron chi connectivity index (χ0n) is 17.2. The fraction of sp³-hybridized carbons (Fsp3) is 0.800. The maximum absolute atomic E-state index is 13.1. The number of nitrogens with one attached hydrogen (secondary N) is 1. The fourth-order valence-corrected chi connectivity index (χ4v) is 6.33. The van der Waals surface area contributed by atoms with E-state index in [4.69, 9.17) is 0 Å². The first-order valence-corrected chi connectivity index (χ1v) is 12.2. The van der Waals surface area contributed by atoms with Gasteiger partial charge in [-0.2, -0.15) is 9.40 Å². The van der Waals surface area contributed by atoms with Crippen LogP contribution in [0.15, 0.2) is 4.90 Å². The summed E-state index contributed by atoms with van der Waals surface area (Å²) >= 11 is 0. The molecule has 1 N–H and O–H groups in total. The van der Waals surface area contributed by atoms with Crippen LogP contribution in [-0.4, -0.2) is 47.5 Å².